The maximum atomic E-state index is 11.2. The van der Waals surface area contributed by atoms with Gasteiger partial charge in [0.15, 0.2) is 0 Å². The molecule has 1 aromatic rings. The summed E-state index contributed by atoms with van der Waals surface area (Å²) in [5.74, 6) is -0.190. The first-order chi connectivity index (χ1) is 7.97. The van der Waals surface area contributed by atoms with Crippen LogP contribution in [0.3, 0.4) is 0 Å². The summed E-state index contributed by atoms with van der Waals surface area (Å²) >= 11 is 0. The Morgan fingerprint density at radius 2 is 2.00 bits per heavy atom. The van der Waals surface area contributed by atoms with Gasteiger partial charge in [-0.15, -0.1) is 0 Å². The van der Waals surface area contributed by atoms with Gasteiger partial charge in [0.25, 0.3) is 0 Å². The van der Waals surface area contributed by atoms with E-state index in [0.29, 0.717) is 11.6 Å². The SMILES string of the molecule is CC[C@H](C)n1c(CCC(C)C)ccc1C(=O)O. The fraction of sp³-hybridized carbons (Fsp3) is 0.643. The van der Waals surface area contributed by atoms with Gasteiger partial charge >= 0.3 is 5.97 Å². The summed E-state index contributed by atoms with van der Waals surface area (Å²) in [7, 11) is 0. The molecule has 0 saturated heterocycles. The van der Waals surface area contributed by atoms with Gasteiger partial charge in [-0.05, 0) is 44.2 Å². The number of nitrogens with zero attached hydrogens (tertiary/aromatic N) is 1. The van der Waals surface area contributed by atoms with E-state index in [0.717, 1.165) is 25.0 Å². The second kappa shape index (κ2) is 5.89. The summed E-state index contributed by atoms with van der Waals surface area (Å²) in [4.78, 5) is 11.2. The van der Waals surface area contributed by atoms with E-state index >= 15 is 0 Å². The van der Waals surface area contributed by atoms with Gasteiger partial charge in [-0.2, -0.15) is 0 Å². The van der Waals surface area contributed by atoms with Crippen LogP contribution in [-0.2, 0) is 6.42 Å². The Kier molecular flexibility index (Phi) is 4.79. The number of carboxylic acids is 1. The van der Waals surface area contributed by atoms with E-state index < -0.39 is 5.97 Å². The number of aromatic carboxylic acids is 1. The molecule has 0 spiro atoms. The third-order valence-electron chi connectivity index (χ3n) is 3.23. The molecular weight excluding hydrogens is 214 g/mol. The third-order valence-corrected chi connectivity index (χ3v) is 3.23. The van der Waals surface area contributed by atoms with E-state index in [1.54, 1.807) is 6.07 Å². The Morgan fingerprint density at radius 1 is 1.35 bits per heavy atom. The molecule has 1 rings (SSSR count). The quantitative estimate of drug-likeness (QED) is 0.818. The topological polar surface area (TPSA) is 42.2 Å². The zero-order chi connectivity index (χ0) is 13.0. The fourth-order valence-electron chi connectivity index (χ4n) is 2.01. The summed E-state index contributed by atoms with van der Waals surface area (Å²) in [5.41, 5.74) is 1.56. The van der Waals surface area contributed by atoms with Gasteiger partial charge in [0.2, 0.25) is 0 Å². The van der Waals surface area contributed by atoms with Gasteiger partial charge in [0.05, 0.1) is 0 Å². The maximum absolute atomic E-state index is 11.2. The Labute approximate surface area is 103 Å². The predicted molar refractivity (Wildman–Crippen MR) is 69.6 cm³/mol. The van der Waals surface area contributed by atoms with Crippen molar-refractivity contribution in [1.29, 1.82) is 0 Å². The molecule has 0 saturated carbocycles. The number of carbonyl (C=O) groups is 1. The first-order valence-electron chi connectivity index (χ1n) is 6.40. The highest BCUT2D eigenvalue weighted by molar-refractivity contribution is 5.86. The standard InChI is InChI=1S/C14H23NO2/c1-5-11(4)15-12(7-6-10(2)3)8-9-13(15)14(16)17/h8-11H,5-7H2,1-4H3,(H,16,17)/t11-/m0/s1. The molecule has 3 nitrogen and oxygen atoms in total. The second-order valence-electron chi connectivity index (χ2n) is 5.07. The van der Waals surface area contributed by atoms with Crippen molar-refractivity contribution in [2.75, 3.05) is 0 Å². The van der Waals surface area contributed by atoms with E-state index in [9.17, 15) is 9.90 Å². The van der Waals surface area contributed by atoms with Crippen molar-refractivity contribution in [2.45, 2.75) is 53.0 Å². The largest absolute Gasteiger partial charge is 0.477 e. The second-order valence-corrected chi connectivity index (χ2v) is 5.07. The lowest BCUT2D eigenvalue weighted by Crippen LogP contribution is -2.15. The van der Waals surface area contributed by atoms with Crippen molar-refractivity contribution in [3.05, 3.63) is 23.5 Å². The van der Waals surface area contributed by atoms with E-state index in [-0.39, 0.29) is 6.04 Å². The van der Waals surface area contributed by atoms with Crippen LogP contribution in [0.1, 0.15) is 62.8 Å². The van der Waals surface area contributed by atoms with Gasteiger partial charge in [0, 0.05) is 11.7 Å². The van der Waals surface area contributed by atoms with Gasteiger partial charge < -0.3 is 9.67 Å². The number of aryl methyl sites for hydroxylation is 1. The smallest absolute Gasteiger partial charge is 0.352 e. The molecule has 96 valence electrons. The molecule has 0 aliphatic heterocycles. The molecule has 3 heteroatoms. The third kappa shape index (κ3) is 3.35. The first kappa shape index (κ1) is 13.8. The van der Waals surface area contributed by atoms with Crippen molar-refractivity contribution in [3.63, 3.8) is 0 Å². The Morgan fingerprint density at radius 3 is 2.47 bits per heavy atom. The molecular formula is C14H23NO2. The molecule has 0 fully saturated rings. The molecule has 1 atom stereocenters. The molecule has 0 bridgehead atoms. The molecule has 0 radical (unpaired) electrons. The summed E-state index contributed by atoms with van der Waals surface area (Å²) in [6, 6.07) is 3.93. The zero-order valence-electron chi connectivity index (χ0n) is 11.2. The summed E-state index contributed by atoms with van der Waals surface area (Å²) in [6.07, 6.45) is 3.00. The molecule has 0 aromatic carbocycles. The van der Waals surface area contributed by atoms with E-state index in [4.69, 9.17) is 0 Å². The average molecular weight is 237 g/mol. The van der Waals surface area contributed by atoms with Gasteiger partial charge in [0.1, 0.15) is 5.69 Å². The van der Waals surface area contributed by atoms with Gasteiger partial charge in [-0.25, -0.2) is 4.79 Å². The number of rotatable bonds is 6. The summed E-state index contributed by atoms with van der Waals surface area (Å²) in [5, 5.41) is 9.18. The lowest BCUT2D eigenvalue weighted by molar-refractivity contribution is 0.0682. The lowest BCUT2D eigenvalue weighted by Gasteiger charge is -2.18. The lowest BCUT2D eigenvalue weighted by atomic mass is 10.1. The molecule has 1 N–H and O–H groups in total. The average Bonchev–Trinajstić information content (AvgIpc) is 2.68. The molecule has 0 amide bonds. The number of carboxylic acid groups (broad SMARTS) is 1. The highest BCUT2D eigenvalue weighted by atomic mass is 16.4. The van der Waals surface area contributed by atoms with Crippen LogP contribution in [0.2, 0.25) is 0 Å². The highest BCUT2D eigenvalue weighted by Gasteiger charge is 2.17. The highest BCUT2D eigenvalue weighted by Crippen LogP contribution is 2.21. The summed E-state index contributed by atoms with van der Waals surface area (Å²) in [6.45, 7) is 8.54. The van der Waals surface area contributed by atoms with Gasteiger partial charge in [-0.3, -0.25) is 0 Å². The van der Waals surface area contributed by atoms with E-state index in [2.05, 4.69) is 27.7 Å². The van der Waals surface area contributed by atoms with Crippen LogP contribution in [0, 0.1) is 5.92 Å². The maximum Gasteiger partial charge on any atom is 0.352 e. The van der Waals surface area contributed by atoms with Crippen molar-refractivity contribution >= 4 is 5.97 Å². The van der Waals surface area contributed by atoms with Gasteiger partial charge in [-0.1, -0.05) is 20.8 Å². The summed E-state index contributed by atoms with van der Waals surface area (Å²) < 4.78 is 1.98. The molecule has 17 heavy (non-hydrogen) atoms. The van der Waals surface area contributed by atoms with Crippen LogP contribution in [0.15, 0.2) is 12.1 Å². The molecule has 0 unspecified atom stereocenters. The Balaban J connectivity index is 3.00. The van der Waals surface area contributed by atoms with Crippen LogP contribution < -0.4 is 0 Å². The molecule has 0 aliphatic rings. The minimum Gasteiger partial charge on any atom is -0.477 e. The number of aromatic nitrogens is 1. The predicted octanol–water partition coefficient (Wildman–Crippen LogP) is 3.75. The van der Waals surface area contributed by atoms with Crippen LogP contribution >= 0.6 is 0 Å². The van der Waals surface area contributed by atoms with Crippen LogP contribution in [-0.4, -0.2) is 15.6 Å². The Bertz CT molecular complexity index is 380. The van der Waals surface area contributed by atoms with Crippen LogP contribution in [0.25, 0.3) is 0 Å². The van der Waals surface area contributed by atoms with Crippen LogP contribution in [0.4, 0.5) is 0 Å². The van der Waals surface area contributed by atoms with Crippen molar-refractivity contribution in [1.82, 2.24) is 4.57 Å². The monoisotopic (exact) mass is 237 g/mol. The van der Waals surface area contributed by atoms with Crippen molar-refractivity contribution < 1.29 is 9.90 Å². The van der Waals surface area contributed by atoms with Crippen molar-refractivity contribution in [2.24, 2.45) is 5.92 Å². The first-order valence-corrected chi connectivity index (χ1v) is 6.40. The van der Waals surface area contributed by atoms with E-state index in [1.165, 1.54) is 0 Å². The number of hydrogen-bond acceptors (Lipinski definition) is 1. The Hall–Kier alpha value is -1.25. The molecule has 1 heterocycles. The zero-order valence-corrected chi connectivity index (χ0v) is 11.2. The normalized spacial score (nSPS) is 13.0. The fourth-order valence-corrected chi connectivity index (χ4v) is 2.01. The van der Waals surface area contributed by atoms with Crippen LogP contribution in [0.5, 0.6) is 0 Å². The van der Waals surface area contributed by atoms with Crippen molar-refractivity contribution in [3.8, 4) is 0 Å². The molecule has 1 aromatic heterocycles. The number of hydrogen-bond donors (Lipinski definition) is 1. The molecule has 0 aliphatic carbocycles. The van der Waals surface area contributed by atoms with E-state index in [1.807, 2.05) is 10.6 Å². The minimum absolute atomic E-state index is 0.248. The minimum atomic E-state index is -0.832.